The van der Waals surface area contributed by atoms with Gasteiger partial charge in [-0.2, -0.15) is 0 Å². The average Bonchev–Trinajstić information content (AvgIpc) is 3.39. The van der Waals surface area contributed by atoms with Crippen LogP contribution < -0.4 is 9.47 Å². The predicted molar refractivity (Wildman–Crippen MR) is 143 cm³/mol. The van der Waals surface area contributed by atoms with Crippen LogP contribution in [0.2, 0.25) is 5.02 Å². The Balaban J connectivity index is 1.54. The molecule has 0 spiro atoms. The minimum absolute atomic E-state index is 0.00195. The summed E-state index contributed by atoms with van der Waals surface area (Å²) in [4.78, 5) is 32.0. The third-order valence-corrected chi connectivity index (χ3v) is 7.89. The normalized spacial score (nSPS) is 15.7. The van der Waals surface area contributed by atoms with Crippen molar-refractivity contribution in [1.29, 1.82) is 0 Å². The van der Waals surface area contributed by atoms with Crippen LogP contribution in [0.3, 0.4) is 0 Å². The topological polar surface area (TPSA) is 59.1 Å². The van der Waals surface area contributed by atoms with Crippen LogP contribution >= 0.6 is 22.9 Å². The van der Waals surface area contributed by atoms with Gasteiger partial charge in [0.15, 0.2) is 0 Å². The van der Waals surface area contributed by atoms with E-state index in [1.54, 1.807) is 59.7 Å². The highest BCUT2D eigenvalue weighted by atomic mass is 35.5. The van der Waals surface area contributed by atoms with E-state index in [4.69, 9.17) is 21.1 Å². The zero-order valence-corrected chi connectivity index (χ0v) is 22.3. The molecule has 1 aromatic heterocycles. The second-order valence-electron chi connectivity index (χ2n) is 8.84. The molecule has 0 saturated carbocycles. The number of carbonyl (C=O) groups excluding carboxylic acids is 2. The average molecular weight is 527 g/mol. The van der Waals surface area contributed by atoms with Gasteiger partial charge >= 0.3 is 0 Å². The second-order valence-corrected chi connectivity index (χ2v) is 10.3. The molecule has 0 N–H and O–H groups in total. The number of methoxy groups -OCH3 is 1. The summed E-state index contributed by atoms with van der Waals surface area (Å²) in [6, 6.07) is 16.0. The summed E-state index contributed by atoms with van der Waals surface area (Å²) in [5.74, 6) is 1.03. The fourth-order valence-electron chi connectivity index (χ4n) is 4.39. The van der Waals surface area contributed by atoms with Crippen molar-refractivity contribution in [3.63, 3.8) is 0 Å². The van der Waals surface area contributed by atoms with Crippen molar-refractivity contribution in [3.05, 3.63) is 81.0 Å². The fraction of sp³-hybridized carbons (Fsp3) is 0.357. The van der Waals surface area contributed by atoms with Gasteiger partial charge in [0.1, 0.15) is 24.7 Å². The lowest BCUT2D eigenvalue weighted by Gasteiger charge is -2.38. The number of hydrogen-bond acceptors (Lipinski definition) is 5. The minimum atomic E-state index is -0.228. The van der Waals surface area contributed by atoms with E-state index >= 15 is 0 Å². The Hall–Kier alpha value is -3.03. The summed E-state index contributed by atoms with van der Waals surface area (Å²) in [6.07, 6.45) is 1.53. The van der Waals surface area contributed by atoms with Crippen molar-refractivity contribution in [2.45, 2.75) is 38.8 Å². The van der Waals surface area contributed by atoms with Gasteiger partial charge in [0.25, 0.3) is 5.91 Å². The quantitative estimate of drug-likeness (QED) is 0.350. The van der Waals surface area contributed by atoms with Gasteiger partial charge in [-0.05, 0) is 79.2 Å². The highest BCUT2D eigenvalue weighted by Gasteiger charge is 2.34. The van der Waals surface area contributed by atoms with Crippen molar-refractivity contribution in [3.8, 4) is 11.5 Å². The number of nitrogens with zero attached hydrogens (tertiary/aromatic N) is 2. The Bertz CT molecular complexity index is 1200. The molecular formula is C28H31ClN2O4S. The zero-order valence-electron chi connectivity index (χ0n) is 20.8. The van der Waals surface area contributed by atoms with Crippen LogP contribution in [0.15, 0.2) is 60.0 Å². The zero-order chi connectivity index (χ0) is 25.7. The Kier molecular flexibility index (Phi) is 8.54. The summed E-state index contributed by atoms with van der Waals surface area (Å²) in [7, 11) is 1.57. The molecule has 4 rings (SSSR count). The molecule has 0 saturated heterocycles. The second kappa shape index (κ2) is 11.8. The molecule has 3 aromatic rings. The number of fused-ring (bicyclic) bond motifs is 1. The molecule has 190 valence electrons. The van der Waals surface area contributed by atoms with Gasteiger partial charge in [-0.15, -0.1) is 11.3 Å². The molecule has 2 heterocycles. The summed E-state index contributed by atoms with van der Waals surface area (Å²) < 4.78 is 11.4. The third-order valence-electron chi connectivity index (χ3n) is 6.64. The number of benzene rings is 2. The molecule has 2 aromatic carbocycles. The SMILES string of the molecule is CC[C@@H](C)N(CC(=O)N1CCc2sccc2[C@@H]1COc1ccc(Cl)cc1)C(=O)c1cccc(OC)c1. The van der Waals surface area contributed by atoms with E-state index in [1.807, 2.05) is 30.9 Å². The van der Waals surface area contributed by atoms with Gasteiger partial charge in [-0.1, -0.05) is 24.6 Å². The number of carbonyl (C=O) groups is 2. The number of halogens is 1. The number of amides is 2. The van der Waals surface area contributed by atoms with E-state index in [9.17, 15) is 9.59 Å². The van der Waals surface area contributed by atoms with E-state index in [0.29, 0.717) is 35.2 Å². The Morgan fingerprint density at radius 3 is 2.67 bits per heavy atom. The van der Waals surface area contributed by atoms with Crippen LogP contribution in [-0.2, 0) is 11.2 Å². The molecule has 2 atom stereocenters. The van der Waals surface area contributed by atoms with Crippen molar-refractivity contribution < 1.29 is 19.1 Å². The van der Waals surface area contributed by atoms with Gasteiger partial charge in [0, 0.05) is 28.0 Å². The van der Waals surface area contributed by atoms with Gasteiger partial charge in [-0.3, -0.25) is 9.59 Å². The maximum Gasteiger partial charge on any atom is 0.254 e. The first-order valence-electron chi connectivity index (χ1n) is 12.1. The highest BCUT2D eigenvalue weighted by Crippen LogP contribution is 2.34. The van der Waals surface area contributed by atoms with Crippen LogP contribution in [0.4, 0.5) is 0 Å². The summed E-state index contributed by atoms with van der Waals surface area (Å²) in [5.41, 5.74) is 1.62. The lowest BCUT2D eigenvalue weighted by molar-refractivity contribution is -0.136. The van der Waals surface area contributed by atoms with E-state index in [-0.39, 0.29) is 30.4 Å². The molecular weight excluding hydrogens is 496 g/mol. The molecule has 1 aliphatic heterocycles. The molecule has 2 amide bonds. The highest BCUT2D eigenvalue weighted by molar-refractivity contribution is 7.10. The minimum Gasteiger partial charge on any atom is -0.497 e. The van der Waals surface area contributed by atoms with Crippen molar-refractivity contribution in [2.24, 2.45) is 0 Å². The first kappa shape index (κ1) is 26.0. The van der Waals surface area contributed by atoms with E-state index in [2.05, 4.69) is 11.4 Å². The number of thiophene rings is 1. The molecule has 8 heteroatoms. The molecule has 36 heavy (non-hydrogen) atoms. The van der Waals surface area contributed by atoms with Gasteiger partial charge < -0.3 is 19.3 Å². The van der Waals surface area contributed by atoms with Crippen LogP contribution in [0, 0.1) is 0 Å². The van der Waals surface area contributed by atoms with E-state index in [1.165, 1.54) is 4.88 Å². The maximum atomic E-state index is 13.7. The van der Waals surface area contributed by atoms with Crippen LogP contribution in [0.1, 0.15) is 47.1 Å². The first-order valence-corrected chi connectivity index (χ1v) is 13.4. The number of ether oxygens (including phenoxy) is 2. The molecule has 1 aliphatic rings. The van der Waals surface area contributed by atoms with Crippen LogP contribution in [0.5, 0.6) is 11.5 Å². The van der Waals surface area contributed by atoms with E-state index in [0.717, 1.165) is 18.4 Å². The van der Waals surface area contributed by atoms with Gasteiger partial charge in [-0.25, -0.2) is 0 Å². The molecule has 0 unspecified atom stereocenters. The standard InChI is InChI=1S/C28H31ClN2O4S/c1-4-19(2)31(28(33)20-6-5-7-23(16-20)34-3)17-27(32)30-14-12-26-24(13-15-36-26)25(30)18-35-22-10-8-21(29)9-11-22/h5-11,13,15-16,19,25H,4,12,14,17-18H2,1-3H3/t19-,25+/m1/s1. The summed E-state index contributed by atoms with van der Waals surface area (Å²) in [5, 5.41) is 2.70. The van der Waals surface area contributed by atoms with Crippen LogP contribution in [0.25, 0.3) is 0 Å². The van der Waals surface area contributed by atoms with Crippen molar-refractivity contribution >= 4 is 34.8 Å². The van der Waals surface area contributed by atoms with Gasteiger partial charge in [0.2, 0.25) is 5.91 Å². The van der Waals surface area contributed by atoms with Crippen molar-refractivity contribution in [2.75, 3.05) is 26.8 Å². The summed E-state index contributed by atoms with van der Waals surface area (Å²) in [6.45, 7) is 4.90. The largest absolute Gasteiger partial charge is 0.497 e. The predicted octanol–water partition coefficient (Wildman–Crippen LogP) is 5.86. The molecule has 6 nitrogen and oxygen atoms in total. The summed E-state index contributed by atoms with van der Waals surface area (Å²) >= 11 is 7.71. The van der Waals surface area contributed by atoms with Crippen molar-refractivity contribution in [1.82, 2.24) is 9.80 Å². The first-order chi connectivity index (χ1) is 17.4. The third kappa shape index (κ3) is 5.85. The molecule has 0 aliphatic carbocycles. The van der Waals surface area contributed by atoms with Gasteiger partial charge in [0.05, 0.1) is 13.2 Å². The lowest BCUT2D eigenvalue weighted by atomic mass is 10.00. The Morgan fingerprint density at radius 1 is 1.17 bits per heavy atom. The molecule has 0 fully saturated rings. The Labute approximate surface area is 221 Å². The molecule has 0 bridgehead atoms. The Morgan fingerprint density at radius 2 is 1.94 bits per heavy atom. The number of hydrogen-bond donors (Lipinski definition) is 0. The fourth-order valence-corrected chi connectivity index (χ4v) is 5.44. The smallest absolute Gasteiger partial charge is 0.254 e. The monoisotopic (exact) mass is 526 g/mol. The van der Waals surface area contributed by atoms with Crippen LogP contribution in [-0.4, -0.2) is 54.5 Å². The lowest BCUT2D eigenvalue weighted by Crippen LogP contribution is -2.49. The number of rotatable bonds is 9. The molecule has 0 radical (unpaired) electrons. The van der Waals surface area contributed by atoms with E-state index < -0.39 is 0 Å². The maximum absolute atomic E-state index is 13.7.